The third-order valence-electron chi connectivity index (χ3n) is 1.63. The molecular formula is C13H16O. The Morgan fingerprint density at radius 1 is 1.21 bits per heavy atom. The van der Waals surface area contributed by atoms with Crippen LogP contribution in [0.2, 0.25) is 0 Å². The van der Waals surface area contributed by atoms with Gasteiger partial charge < -0.3 is 0 Å². The largest absolute Gasteiger partial charge is 0.299 e. The molecule has 0 aromatic heterocycles. The maximum atomic E-state index is 10.0. The number of rotatable bonds is 3. The van der Waals surface area contributed by atoms with Gasteiger partial charge >= 0.3 is 0 Å². The molecule has 1 nitrogen and oxygen atoms in total. The van der Waals surface area contributed by atoms with Crippen LogP contribution in [-0.2, 0) is 4.79 Å². The summed E-state index contributed by atoms with van der Waals surface area (Å²) in [6.45, 7) is 1.97. The predicted molar refractivity (Wildman–Crippen MR) is 62.0 cm³/mol. The van der Waals surface area contributed by atoms with Crippen LogP contribution in [0.5, 0.6) is 0 Å². The highest BCUT2D eigenvalue weighted by Crippen LogP contribution is 2.06. The molecule has 0 aliphatic rings. The highest BCUT2D eigenvalue weighted by Gasteiger charge is 1.85. The van der Waals surface area contributed by atoms with Crippen molar-refractivity contribution < 1.29 is 4.79 Å². The van der Waals surface area contributed by atoms with Crippen molar-refractivity contribution >= 4 is 12.4 Å². The summed E-state index contributed by atoms with van der Waals surface area (Å²) >= 11 is 0. The van der Waals surface area contributed by atoms with E-state index in [1.807, 2.05) is 43.3 Å². The highest BCUT2D eigenvalue weighted by molar-refractivity contribution is 5.67. The molecule has 0 aliphatic heterocycles. The zero-order valence-electron chi connectivity index (χ0n) is 7.60. The van der Waals surface area contributed by atoms with E-state index in [2.05, 4.69) is 0 Å². The summed E-state index contributed by atoms with van der Waals surface area (Å²) in [6, 6.07) is 10.0. The second-order valence-corrected chi connectivity index (χ2v) is 2.79. The van der Waals surface area contributed by atoms with Gasteiger partial charge in [0, 0.05) is 0 Å². The van der Waals surface area contributed by atoms with Crippen molar-refractivity contribution in [3.8, 4) is 0 Å². The van der Waals surface area contributed by atoms with Crippen LogP contribution in [0.15, 0.2) is 48.1 Å². The van der Waals surface area contributed by atoms with Gasteiger partial charge in [0.1, 0.15) is 6.29 Å². The molecule has 74 valence electrons. The van der Waals surface area contributed by atoms with Crippen LogP contribution in [0.1, 0.15) is 19.9 Å². The zero-order chi connectivity index (χ0) is 9.52. The summed E-state index contributed by atoms with van der Waals surface area (Å²) < 4.78 is 0. The molecule has 0 bridgehead atoms. The van der Waals surface area contributed by atoms with Gasteiger partial charge in [-0.05, 0) is 18.6 Å². The van der Waals surface area contributed by atoms with Crippen molar-refractivity contribution in [3.05, 3.63) is 53.6 Å². The molecule has 14 heavy (non-hydrogen) atoms. The quantitative estimate of drug-likeness (QED) is 0.403. The lowest BCUT2D eigenvalue weighted by molar-refractivity contribution is -0.104. The number of hydrogen-bond donors (Lipinski definition) is 0. The predicted octanol–water partition coefficient (Wildman–Crippen LogP) is 3.48. The van der Waals surface area contributed by atoms with Gasteiger partial charge in [-0.2, -0.15) is 0 Å². The molecule has 0 N–H and O–H groups in total. The maximum absolute atomic E-state index is 10.0. The highest BCUT2D eigenvalue weighted by atomic mass is 16.1. The lowest BCUT2D eigenvalue weighted by Crippen LogP contribution is -1.72. The zero-order valence-corrected chi connectivity index (χ0v) is 7.60. The fourth-order valence-corrected chi connectivity index (χ4v) is 1.05. The molecule has 0 aliphatic carbocycles. The first-order valence-corrected chi connectivity index (χ1v) is 4.18. The molecule has 0 fully saturated rings. The number of allylic oxidation sites excluding steroid dienone is 3. The smallest absolute Gasteiger partial charge is 0.142 e. The Morgan fingerprint density at radius 3 is 2.43 bits per heavy atom. The Bertz CT molecular complexity index is 320. The number of benzene rings is 1. The van der Waals surface area contributed by atoms with Gasteiger partial charge in [-0.15, -0.1) is 0 Å². The Morgan fingerprint density at radius 2 is 1.86 bits per heavy atom. The van der Waals surface area contributed by atoms with Crippen LogP contribution in [-0.4, -0.2) is 6.29 Å². The number of hydrogen-bond acceptors (Lipinski definition) is 1. The SMILES string of the molecule is C.CC(/C=C/C=O)=C\c1ccccc1. The Balaban J connectivity index is 0.00000169. The molecule has 1 aromatic carbocycles. The van der Waals surface area contributed by atoms with E-state index in [9.17, 15) is 4.79 Å². The van der Waals surface area contributed by atoms with E-state index in [0.717, 1.165) is 17.4 Å². The average molecular weight is 188 g/mol. The molecule has 0 radical (unpaired) electrons. The van der Waals surface area contributed by atoms with Crippen molar-refractivity contribution in [2.24, 2.45) is 0 Å². The van der Waals surface area contributed by atoms with Crippen molar-refractivity contribution in [1.29, 1.82) is 0 Å². The number of carbonyl (C=O) groups is 1. The third kappa shape index (κ3) is 4.41. The molecule has 1 rings (SSSR count). The van der Waals surface area contributed by atoms with Crippen LogP contribution in [0.4, 0.5) is 0 Å². The molecule has 0 unspecified atom stereocenters. The van der Waals surface area contributed by atoms with Crippen LogP contribution >= 0.6 is 0 Å². The van der Waals surface area contributed by atoms with Crippen LogP contribution in [0.3, 0.4) is 0 Å². The Labute approximate surface area is 85.8 Å². The van der Waals surface area contributed by atoms with Gasteiger partial charge in [0.15, 0.2) is 0 Å². The summed E-state index contributed by atoms with van der Waals surface area (Å²) in [5.74, 6) is 0. The fourth-order valence-electron chi connectivity index (χ4n) is 1.05. The minimum absolute atomic E-state index is 0. The van der Waals surface area contributed by atoms with E-state index in [1.165, 1.54) is 6.08 Å². The van der Waals surface area contributed by atoms with E-state index >= 15 is 0 Å². The summed E-state index contributed by atoms with van der Waals surface area (Å²) in [5, 5.41) is 0. The Kier molecular flexibility index (Phi) is 6.04. The molecule has 0 saturated carbocycles. The summed E-state index contributed by atoms with van der Waals surface area (Å²) in [6.07, 6.45) is 6.09. The lowest BCUT2D eigenvalue weighted by Gasteiger charge is -1.93. The average Bonchev–Trinajstić information content (AvgIpc) is 2.16. The van der Waals surface area contributed by atoms with E-state index in [4.69, 9.17) is 0 Å². The van der Waals surface area contributed by atoms with Gasteiger partial charge in [0.25, 0.3) is 0 Å². The molecular weight excluding hydrogens is 172 g/mol. The van der Waals surface area contributed by atoms with Crippen LogP contribution in [0, 0.1) is 0 Å². The minimum atomic E-state index is 0. The topological polar surface area (TPSA) is 17.1 Å². The van der Waals surface area contributed by atoms with Gasteiger partial charge in [0.2, 0.25) is 0 Å². The first-order chi connectivity index (χ1) is 6.33. The van der Waals surface area contributed by atoms with Crippen LogP contribution in [0.25, 0.3) is 6.08 Å². The van der Waals surface area contributed by atoms with Crippen molar-refractivity contribution in [2.75, 3.05) is 0 Å². The van der Waals surface area contributed by atoms with Crippen LogP contribution < -0.4 is 0 Å². The van der Waals surface area contributed by atoms with Gasteiger partial charge in [-0.25, -0.2) is 0 Å². The van der Waals surface area contributed by atoms with E-state index in [1.54, 1.807) is 6.08 Å². The van der Waals surface area contributed by atoms with E-state index in [0.29, 0.717) is 0 Å². The monoisotopic (exact) mass is 188 g/mol. The minimum Gasteiger partial charge on any atom is -0.299 e. The van der Waals surface area contributed by atoms with Gasteiger partial charge in [0.05, 0.1) is 0 Å². The lowest BCUT2D eigenvalue weighted by atomic mass is 10.1. The number of aldehydes is 1. The summed E-state index contributed by atoms with van der Waals surface area (Å²) in [4.78, 5) is 10.0. The molecule has 0 atom stereocenters. The molecule has 0 saturated heterocycles. The molecule has 1 heteroatoms. The number of carbonyl (C=O) groups excluding carboxylic acids is 1. The Hall–Kier alpha value is -1.63. The van der Waals surface area contributed by atoms with Crippen molar-refractivity contribution in [3.63, 3.8) is 0 Å². The van der Waals surface area contributed by atoms with Crippen molar-refractivity contribution in [2.45, 2.75) is 14.4 Å². The van der Waals surface area contributed by atoms with Gasteiger partial charge in [-0.3, -0.25) is 4.79 Å². The van der Waals surface area contributed by atoms with Gasteiger partial charge in [-0.1, -0.05) is 55.5 Å². The molecule has 0 heterocycles. The molecule has 0 amide bonds. The molecule has 1 aromatic rings. The fraction of sp³-hybridized carbons (Fsp3) is 0.154. The second kappa shape index (κ2) is 6.84. The summed E-state index contributed by atoms with van der Waals surface area (Å²) in [5.41, 5.74) is 2.22. The first kappa shape index (κ1) is 12.4. The summed E-state index contributed by atoms with van der Waals surface area (Å²) in [7, 11) is 0. The van der Waals surface area contributed by atoms with Crippen molar-refractivity contribution in [1.82, 2.24) is 0 Å². The second-order valence-electron chi connectivity index (χ2n) is 2.79. The molecule has 0 spiro atoms. The standard InChI is InChI=1S/C12H12O.CH4/c1-11(6-5-9-13)10-12-7-3-2-4-8-12;/h2-10H,1H3;1H4/b6-5+,11-10+;. The first-order valence-electron chi connectivity index (χ1n) is 4.18. The normalized spacial score (nSPS) is 11.1. The van der Waals surface area contributed by atoms with E-state index < -0.39 is 0 Å². The maximum Gasteiger partial charge on any atom is 0.142 e. The third-order valence-corrected chi connectivity index (χ3v) is 1.63. The van der Waals surface area contributed by atoms with E-state index in [-0.39, 0.29) is 7.43 Å².